The zero-order valence-corrected chi connectivity index (χ0v) is 14.6. The molecule has 1 amide bonds. The Morgan fingerprint density at radius 2 is 1.70 bits per heavy atom. The smallest absolute Gasteiger partial charge is 0.252 e. The first-order valence-electron chi connectivity index (χ1n) is 8.80. The first-order valence-corrected chi connectivity index (χ1v) is 8.80. The molecule has 0 saturated heterocycles. The summed E-state index contributed by atoms with van der Waals surface area (Å²) in [5, 5.41) is 15.1. The number of carbonyl (C=O) groups is 1. The van der Waals surface area contributed by atoms with Gasteiger partial charge >= 0.3 is 0 Å². The predicted molar refractivity (Wildman–Crippen MR) is 105 cm³/mol. The molecule has 3 aromatic carbocycles. The summed E-state index contributed by atoms with van der Waals surface area (Å²) in [6.45, 7) is 0.141. The molecule has 0 aliphatic carbocycles. The highest BCUT2D eigenvalue weighted by atomic mass is 16.3. The molecule has 0 bridgehead atoms. The monoisotopic (exact) mass is 357 g/mol. The lowest BCUT2D eigenvalue weighted by molar-refractivity contribution is 0.0918. The summed E-state index contributed by atoms with van der Waals surface area (Å²) in [5.74, 6) is 0.582. The average molecular weight is 357 g/mol. The fourth-order valence-corrected chi connectivity index (χ4v) is 3.14. The number of amides is 1. The normalized spacial score (nSPS) is 12.0. The Morgan fingerprint density at radius 1 is 0.926 bits per heavy atom. The number of furan rings is 1. The summed E-state index contributed by atoms with van der Waals surface area (Å²) >= 11 is 0. The topological polar surface area (TPSA) is 62.5 Å². The van der Waals surface area contributed by atoms with Crippen molar-refractivity contribution in [3.05, 3.63) is 96.3 Å². The van der Waals surface area contributed by atoms with Gasteiger partial charge in [-0.1, -0.05) is 60.7 Å². The molecule has 2 N–H and O–H groups in total. The Morgan fingerprint density at radius 3 is 2.48 bits per heavy atom. The molecule has 1 aromatic heterocycles. The largest absolute Gasteiger partial charge is 0.464 e. The maximum atomic E-state index is 12.6. The maximum Gasteiger partial charge on any atom is 0.252 e. The summed E-state index contributed by atoms with van der Waals surface area (Å²) in [5.41, 5.74) is 2.28. The zero-order chi connectivity index (χ0) is 18.6. The number of aliphatic hydroxyl groups excluding tert-OH is 1. The summed E-state index contributed by atoms with van der Waals surface area (Å²) < 4.78 is 5.36. The predicted octanol–water partition coefficient (Wildman–Crippen LogP) is 4.56. The second kappa shape index (κ2) is 7.48. The number of aliphatic hydroxyl groups is 1. The SMILES string of the molecule is O=C(NC[C@@H](O)c1ccc(-c2ccco2)cc1)c1cccc2ccccc12. The third-order valence-corrected chi connectivity index (χ3v) is 4.59. The van der Waals surface area contributed by atoms with Crippen molar-refractivity contribution in [3.8, 4) is 11.3 Å². The molecule has 0 fully saturated rings. The van der Waals surface area contributed by atoms with Gasteiger partial charge in [0.1, 0.15) is 5.76 Å². The van der Waals surface area contributed by atoms with E-state index in [1.807, 2.05) is 72.8 Å². The van der Waals surface area contributed by atoms with E-state index >= 15 is 0 Å². The van der Waals surface area contributed by atoms with E-state index < -0.39 is 6.10 Å². The Balaban J connectivity index is 1.44. The van der Waals surface area contributed by atoms with Gasteiger partial charge in [-0.3, -0.25) is 4.79 Å². The number of nitrogens with one attached hydrogen (secondary N) is 1. The van der Waals surface area contributed by atoms with E-state index in [9.17, 15) is 9.90 Å². The van der Waals surface area contributed by atoms with Crippen LogP contribution in [-0.2, 0) is 0 Å². The molecule has 0 saturated carbocycles. The first kappa shape index (κ1) is 17.1. The molecule has 134 valence electrons. The van der Waals surface area contributed by atoms with Crippen molar-refractivity contribution in [2.45, 2.75) is 6.10 Å². The van der Waals surface area contributed by atoms with Crippen LogP contribution in [0.25, 0.3) is 22.1 Å². The fraction of sp³-hybridized carbons (Fsp3) is 0.0870. The molecule has 0 aliphatic rings. The highest BCUT2D eigenvalue weighted by molar-refractivity contribution is 6.07. The minimum absolute atomic E-state index is 0.141. The molecule has 1 atom stereocenters. The molecule has 4 aromatic rings. The lowest BCUT2D eigenvalue weighted by atomic mass is 10.0. The van der Waals surface area contributed by atoms with Crippen molar-refractivity contribution in [3.63, 3.8) is 0 Å². The lowest BCUT2D eigenvalue weighted by Crippen LogP contribution is -2.28. The minimum atomic E-state index is -0.783. The van der Waals surface area contributed by atoms with Gasteiger partial charge in [-0.05, 0) is 34.5 Å². The molecule has 0 radical (unpaired) electrons. The van der Waals surface area contributed by atoms with Gasteiger partial charge in [0.05, 0.1) is 12.4 Å². The standard InChI is InChI=1S/C23H19NO3/c25-21(17-10-12-18(13-11-17)22-9-4-14-27-22)15-24-23(26)20-8-3-6-16-5-1-2-7-19(16)20/h1-14,21,25H,15H2,(H,24,26)/t21-/m1/s1. The van der Waals surface area contributed by atoms with Crippen molar-refractivity contribution in [2.75, 3.05) is 6.54 Å². The van der Waals surface area contributed by atoms with E-state index in [-0.39, 0.29) is 12.5 Å². The molecule has 0 aliphatic heterocycles. The lowest BCUT2D eigenvalue weighted by Gasteiger charge is -2.13. The van der Waals surface area contributed by atoms with Gasteiger partial charge in [0.15, 0.2) is 0 Å². The Hall–Kier alpha value is -3.37. The van der Waals surface area contributed by atoms with E-state index in [4.69, 9.17) is 4.42 Å². The van der Waals surface area contributed by atoms with Crippen LogP contribution < -0.4 is 5.32 Å². The van der Waals surface area contributed by atoms with Gasteiger partial charge in [-0.25, -0.2) is 0 Å². The van der Waals surface area contributed by atoms with E-state index in [0.717, 1.165) is 27.7 Å². The van der Waals surface area contributed by atoms with E-state index in [1.165, 1.54) is 0 Å². The number of hydrogen-bond acceptors (Lipinski definition) is 3. The summed E-state index contributed by atoms with van der Waals surface area (Å²) in [7, 11) is 0. The van der Waals surface area contributed by atoms with Crippen LogP contribution in [0.1, 0.15) is 22.0 Å². The average Bonchev–Trinajstić information content (AvgIpc) is 3.26. The molecule has 0 unspecified atom stereocenters. The van der Waals surface area contributed by atoms with E-state index in [1.54, 1.807) is 12.3 Å². The van der Waals surface area contributed by atoms with Crippen molar-refractivity contribution >= 4 is 16.7 Å². The molecule has 27 heavy (non-hydrogen) atoms. The second-order valence-electron chi connectivity index (χ2n) is 6.35. The number of hydrogen-bond donors (Lipinski definition) is 2. The summed E-state index contributed by atoms with van der Waals surface area (Å²) in [6.07, 6.45) is 0.843. The number of benzene rings is 3. The molecule has 4 rings (SSSR count). The Bertz CT molecular complexity index is 1050. The molecule has 4 nitrogen and oxygen atoms in total. The highest BCUT2D eigenvalue weighted by Gasteiger charge is 2.13. The number of fused-ring (bicyclic) bond motifs is 1. The molecular weight excluding hydrogens is 338 g/mol. The van der Waals surface area contributed by atoms with Crippen LogP contribution in [-0.4, -0.2) is 17.6 Å². The molecule has 1 heterocycles. The summed E-state index contributed by atoms with van der Waals surface area (Å²) in [6, 6.07) is 24.6. The van der Waals surface area contributed by atoms with Crippen LogP contribution in [0.5, 0.6) is 0 Å². The van der Waals surface area contributed by atoms with Crippen LogP contribution >= 0.6 is 0 Å². The van der Waals surface area contributed by atoms with Crippen LogP contribution in [0.15, 0.2) is 89.5 Å². The van der Waals surface area contributed by atoms with E-state index in [2.05, 4.69) is 5.32 Å². The van der Waals surface area contributed by atoms with Gasteiger partial charge in [0, 0.05) is 17.7 Å². The van der Waals surface area contributed by atoms with Crippen molar-refractivity contribution < 1.29 is 14.3 Å². The van der Waals surface area contributed by atoms with Gasteiger partial charge in [-0.15, -0.1) is 0 Å². The molecular formula is C23H19NO3. The van der Waals surface area contributed by atoms with Gasteiger partial charge in [0.2, 0.25) is 0 Å². The maximum absolute atomic E-state index is 12.6. The van der Waals surface area contributed by atoms with Gasteiger partial charge in [0.25, 0.3) is 5.91 Å². The van der Waals surface area contributed by atoms with Crippen LogP contribution in [0.3, 0.4) is 0 Å². The summed E-state index contributed by atoms with van der Waals surface area (Å²) in [4.78, 5) is 12.6. The van der Waals surface area contributed by atoms with Crippen LogP contribution in [0, 0.1) is 0 Å². The number of rotatable bonds is 5. The third kappa shape index (κ3) is 3.61. The van der Waals surface area contributed by atoms with Gasteiger partial charge < -0.3 is 14.8 Å². The van der Waals surface area contributed by atoms with Crippen LogP contribution in [0.2, 0.25) is 0 Å². The van der Waals surface area contributed by atoms with Crippen molar-refractivity contribution in [2.24, 2.45) is 0 Å². The van der Waals surface area contributed by atoms with E-state index in [0.29, 0.717) is 5.56 Å². The zero-order valence-electron chi connectivity index (χ0n) is 14.6. The Kier molecular flexibility index (Phi) is 4.73. The van der Waals surface area contributed by atoms with Gasteiger partial charge in [-0.2, -0.15) is 0 Å². The first-order chi connectivity index (χ1) is 13.2. The number of carbonyl (C=O) groups excluding carboxylic acids is 1. The van der Waals surface area contributed by atoms with Crippen molar-refractivity contribution in [1.29, 1.82) is 0 Å². The van der Waals surface area contributed by atoms with Crippen molar-refractivity contribution in [1.82, 2.24) is 5.32 Å². The minimum Gasteiger partial charge on any atom is -0.464 e. The third-order valence-electron chi connectivity index (χ3n) is 4.59. The highest BCUT2D eigenvalue weighted by Crippen LogP contribution is 2.23. The quantitative estimate of drug-likeness (QED) is 0.550. The van der Waals surface area contributed by atoms with Crippen LogP contribution in [0.4, 0.5) is 0 Å². The molecule has 4 heteroatoms. The second-order valence-corrected chi connectivity index (χ2v) is 6.35. The fourth-order valence-electron chi connectivity index (χ4n) is 3.14. The molecule has 0 spiro atoms. The Labute approximate surface area is 157 Å².